The van der Waals surface area contributed by atoms with Crippen LogP contribution in [0.4, 0.5) is 0 Å². The van der Waals surface area contributed by atoms with E-state index in [1.165, 1.54) is 25.8 Å². The van der Waals surface area contributed by atoms with Gasteiger partial charge in [0.25, 0.3) is 0 Å². The lowest BCUT2D eigenvalue weighted by molar-refractivity contribution is -0.0380. The highest BCUT2D eigenvalue weighted by atomic mass is 16.5. The second-order valence-corrected chi connectivity index (χ2v) is 6.23. The van der Waals surface area contributed by atoms with Crippen molar-refractivity contribution in [3.63, 3.8) is 0 Å². The maximum Gasteiger partial charge on any atom is 0.0700 e. The van der Waals surface area contributed by atoms with Crippen molar-refractivity contribution in [2.24, 2.45) is 11.8 Å². The zero-order chi connectivity index (χ0) is 13.0. The lowest BCUT2D eigenvalue weighted by Crippen LogP contribution is -2.49. The fourth-order valence-electron chi connectivity index (χ4n) is 3.61. The number of nitrogens with zero attached hydrogens (tertiary/aromatic N) is 1. The highest BCUT2D eigenvalue weighted by molar-refractivity contribution is 4.85. The lowest BCUT2D eigenvalue weighted by atomic mass is 9.78. The molecule has 1 heterocycles. The van der Waals surface area contributed by atoms with E-state index in [4.69, 9.17) is 4.74 Å². The topological polar surface area (TPSA) is 24.5 Å². The van der Waals surface area contributed by atoms with E-state index in [1.807, 2.05) is 0 Å². The monoisotopic (exact) mass is 254 g/mol. The molecule has 1 saturated heterocycles. The van der Waals surface area contributed by atoms with Gasteiger partial charge in [-0.05, 0) is 44.6 Å². The Balaban J connectivity index is 1.85. The van der Waals surface area contributed by atoms with Crippen LogP contribution in [-0.4, -0.2) is 50.3 Å². The van der Waals surface area contributed by atoms with Crippen molar-refractivity contribution in [2.45, 2.75) is 51.7 Å². The molecule has 4 atom stereocenters. The van der Waals surface area contributed by atoms with Crippen LogP contribution < -0.4 is 5.32 Å². The molecule has 2 fully saturated rings. The second kappa shape index (κ2) is 6.88. The first-order valence-corrected chi connectivity index (χ1v) is 7.74. The van der Waals surface area contributed by atoms with E-state index in [-0.39, 0.29) is 0 Å². The predicted molar refractivity (Wildman–Crippen MR) is 75.8 cm³/mol. The van der Waals surface area contributed by atoms with Crippen LogP contribution in [0.25, 0.3) is 0 Å². The molecule has 2 aliphatic rings. The molecule has 0 aromatic carbocycles. The summed E-state index contributed by atoms with van der Waals surface area (Å²) < 4.78 is 5.76. The van der Waals surface area contributed by atoms with Crippen LogP contribution in [0.1, 0.15) is 39.5 Å². The number of rotatable bonds is 4. The van der Waals surface area contributed by atoms with Gasteiger partial charge in [-0.2, -0.15) is 0 Å². The quantitative estimate of drug-likeness (QED) is 0.832. The van der Waals surface area contributed by atoms with Gasteiger partial charge in [0, 0.05) is 25.7 Å². The molecule has 4 unspecified atom stereocenters. The largest absolute Gasteiger partial charge is 0.376 e. The Labute approximate surface area is 112 Å². The Morgan fingerprint density at radius 2 is 2.17 bits per heavy atom. The summed E-state index contributed by atoms with van der Waals surface area (Å²) in [6.45, 7) is 9.08. The predicted octanol–water partition coefficient (Wildman–Crippen LogP) is 2.12. The number of hydrogen-bond donors (Lipinski definition) is 1. The van der Waals surface area contributed by atoms with Gasteiger partial charge in [-0.1, -0.05) is 13.8 Å². The molecule has 106 valence electrons. The van der Waals surface area contributed by atoms with E-state index in [2.05, 4.69) is 31.1 Å². The van der Waals surface area contributed by atoms with Crippen LogP contribution in [0.3, 0.4) is 0 Å². The summed E-state index contributed by atoms with van der Waals surface area (Å²) in [5.41, 5.74) is 0. The molecule has 1 aliphatic heterocycles. The van der Waals surface area contributed by atoms with E-state index in [9.17, 15) is 0 Å². The first kappa shape index (κ1) is 14.3. The third-order valence-corrected chi connectivity index (χ3v) is 4.79. The van der Waals surface area contributed by atoms with Gasteiger partial charge >= 0.3 is 0 Å². The molecule has 18 heavy (non-hydrogen) atoms. The molecular weight excluding hydrogens is 224 g/mol. The van der Waals surface area contributed by atoms with Gasteiger partial charge in [0.2, 0.25) is 0 Å². The van der Waals surface area contributed by atoms with Crippen molar-refractivity contribution in [1.82, 2.24) is 10.2 Å². The molecule has 0 aromatic rings. The summed E-state index contributed by atoms with van der Waals surface area (Å²) in [6, 6.07) is 0.726. The van der Waals surface area contributed by atoms with Gasteiger partial charge in [-0.15, -0.1) is 0 Å². The second-order valence-electron chi connectivity index (χ2n) is 6.23. The number of ether oxygens (including phenoxy) is 1. The SMILES string of the molecule is CCC1CN(CC2CC(C)CCC2NC)CCO1. The Morgan fingerprint density at radius 1 is 1.33 bits per heavy atom. The molecule has 3 nitrogen and oxygen atoms in total. The molecule has 1 N–H and O–H groups in total. The van der Waals surface area contributed by atoms with Gasteiger partial charge in [0.1, 0.15) is 0 Å². The van der Waals surface area contributed by atoms with E-state index in [0.717, 1.165) is 44.0 Å². The van der Waals surface area contributed by atoms with Crippen molar-refractivity contribution >= 4 is 0 Å². The van der Waals surface area contributed by atoms with E-state index < -0.39 is 0 Å². The average molecular weight is 254 g/mol. The average Bonchev–Trinajstić information content (AvgIpc) is 2.39. The van der Waals surface area contributed by atoms with Crippen molar-refractivity contribution < 1.29 is 4.74 Å². The Hall–Kier alpha value is -0.120. The zero-order valence-electron chi connectivity index (χ0n) is 12.3. The molecule has 0 radical (unpaired) electrons. The summed E-state index contributed by atoms with van der Waals surface area (Å²) in [4.78, 5) is 2.63. The summed E-state index contributed by atoms with van der Waals surface area (Å²) in [6.07, 6.45) is 5.74. The van der Waals surface area contributed by atoms with Gasteiger partial charge in [0.15, 0.2) is 0 Å². The maximum absolute atomic E-state index is 5.76. The number of nitrogens with one attached hydrogen (secondary N) is 1. The third kappa shape index (κ3) is 3.69. The Bertz CT molecular complexity index is 247. The third-order valence-electron chi connectivity index (χ3n) is 4.79. The Morgan fingerprint density at radius 3 is 2.89 bits per heavy atom. The van der Waals surface area contributed by atoms with Gasteiger partial charge < -0.3 is 10.1 Å². The molecule has 0 amide bonds. The van der Waals surface area contributed by atoms with E-state index in [0.29, 0.717) is 6.10 Å². The van der Waals surface area contributed by atoms with Crippen molar-refractivity contribution in [1.29, 1.82) is 0 Å². The molecule has 3 heteroatoms. The van der Waals surface area contributed by atoms with Gasteiger partial charge in [0.05, 0.1) is 12.7 Å². The molecule has 0 aromatic heterocycles. The minimum atomic E-state index is 0.466. The number of morpholine rings is 1. The summed E-state index contributed by atoms with van der Waals surface area (Å²) >= 11 is 0. The Kier molecular flexibility index (Phi) is 5.46. The van der Waals surface area contributed by atoms with Crippen LogP contribution in [0.2, 0.25) is 0 Å². The van der Waals surface area contributed by atoms with Gasteiger partial charge in [-0.3, -0.25) is 4.90 Å². The zero-order valence-corrected chi connectivity index (χ0v) is 12.3. The summed E-state index contributed by atoms with van der Waals surface area (Å²) in [5.74, 6) is 1.73. The first-order chi connectivity index (χ1) is 8.72. The molecule has 0 bridgehead atoms. The minimum Gasteiger partial charge on any atom is -0.376 e. The standard InChI is InChI=1S/C15H30N2O/c1-4-14-11-17(7-8-18-14)10-13-9-12(2)5-6-15(13)16-3/h12-16H,4-11H2,1-3H3. The van der Waals surface area contributed by atoms with Crippen LogP contribution in [0.15, 0.2) is 0 Å². The van der Waals surface area contributed by atoms with Crippen molar-refractivity contribution in [3.05, 3.63) is 0 Å². The normalized spacial score (nSPS) is 38.8. The molecule has 1 aliphatic carbocycles. The molecule has 0 spiro atoms. The number of hydrogen-bond acceptors (Lipinski definition) is 3. The minimum absolute atomic E-state index is 0.466. The molecule has 1 saturated carbocycles. The summed E-state index contributed by atoms with van der Waals surface area (Å²) in [5, 5.41) is 3.53. The van der Waals surface area contributed by atoms with Crippen molar-refractivity contribution in [2.75, 3.05) is 33.3 Å². The highest BCUT2D eigenvalue weighted by Crippen LogP contribution is 2.30. The summed E-state index contributed by atoms with van der Waals surface area (Å²) in [7, 11) is 2.13. The fraction of sp³-hybridized carbons (Fsp3) is 1.00. The van der Waals surface area contributed by atoms with Crippen molar-refractivity contribution in [3.8, 4) is 0 Å². The van der Waals surface area contributed by atoms with E-state index >= 15 is 0 Å². The maximum atomic E-state index is 5.76. The van der Waals surface area contributed by atoms with E-state index in [1.54, 1.807) is 0 Å². The smallest absolute Gasteiger partial charge is 0.0700 e. The van der Waals surface area contributed by atoms with Crippen LogP contribution in [0.5, 0.6) is 0 Å². The van der Waals surface area contributed by atoms with Crippen LogP contribution in [-0.2, 0) is 4.74 Å². The lowest BCUT2D eigenvalue weighted by Gasteiger charge is -2.40. The van der Waals surface area contributed by atoms with Crippen LogP contribution in [0, 0.1) is 11.8 Å². The fourth-order valence-corrected chi connectivity index (χ4v) is 3.61. The first-order valence-electron chi connectivity index (χ1n) is 7.74. The molecular formula is C15H30N2O. The van der Waals surface area contributed by atoms with Gasteiger partial charge in [-0.25, -0.2) is 0 Å². The van der Waals surface area contributed by atoms with Crippen LogP contribution >= 0.6 is 0 Å². The molecule has 2 rings (SSSR count). The highest BCUT2D eigenvalue weighted by Gasteiger charge is 2.30.